The normalized spacial score (nSPS) is 12.6. The number of hydrogen-bond acceptors (Lipinski definition) is 2. The lowest BCUT2D eigenvalue weighted by molar-refractivity contribution is -0.00308. The average molecular weight is 259 g/mol. The van der Waals surface area contributed by atoms with Gasteiger partial charge in [-0.05, 0) is 33.8 Å². The molecule has 0 saturated heterocycles. The van der Waals surface area contributed by atoms with Gasteiger partial charge in [0.05, 0.1) is 16.2 Å². The maximum Gasteiger partial charge on any atom is 0.268 e. The van der Waals surface area contributed by atoms with E-state index in [9.17, 15) is 9.90 Å². The Labute approximate surface area is 107 Å². The van der Waals surface area contributed by atoms with E-state index in [1.54, 1.807) is 51.6 Å². The van der Waals surface area contributed by atoms with E-state index in [1.165, 1.54) is 0 Å². The largest absolute Gasteiger partial charge is 0.388 e. The van der Waals surface area contributed by atoms with Gasteiger partial charge in [0.15, 0.2) is 0 Å². The van der Waals surface area contributed by atoms with E-state index in [2.05, 4.69) is 5.32 Å². The van der Waals surface area contributed by atoms with Crippen molar-refractivity contribution >= 4 is 17.5 Å². The van der Waals surface area contributed by atoms with Crippen LogP contribution in [0.2, 0.25) is 5.02 Å². The zero-order valence-corrected chi connectivity index (χ0v) is 11.6. The molecule has 0 fully saturated rings. The topological polar surface area (TPSA) is 54.3 Å². The third-order valence-electron chi connectivity index (χ3n) is 3.16. The van der Waals surface area contributed by atoms with E-state index in [0.29, 0.717) is 10.7 Å². The van der Waals surface area contributed by atoms with Crippen molar-refractivity contribution in [3.63, 3.8) is 0 Å². The molecule has 0 unspecified atom stereocenters. The van der Waals surface area contributed by atoms with Crippen molar-refractivity contribution < 1.29 is 9.90 Å². The van der Waals surface area contributed by atoms with Gasteiger partial charge in [-0.15, -0.1) is 0 Å². The summed E-state index contributed by atoms with van der Waals surface area (Å²) in [6, 6.07) is 1.59. The van der Waals surface area contributed by atoms with Crippen molar-refractivity contribution in [3.8, 4) is 0 Å². The number of aliphatic hydroxyl groups is 1. The van der Waals surface area contributed by atoms with Crippen LogP contribution in [0.15, 0.2) is 12.3 Å². The van der Waals surface area contributed by atoms with Gasteiger partial charge in [-0.1, -0.05) is 11.6 Å². The fourth-order valence-corrected chi connectivity index (χ4v) is 1.50. The average Bonchev–Trinajstić information content (AvgIpc) is 2.42. The number of nitrogens with zero attached hydrogens (tertiary/aromatic N) is 1. The monoisotopic (exact) mass is 258 g/mol. The lowest BCUT2D eigenvalue weighted by Crippen LogP contribution is -2.57. The summed E-state index contributed by atoms with van der Waals surface area (Å²) in [5, 5.41) is 13.3. The van der Waals surface area contributed by atoms with Crippen molar-refractivity contribution in [1.29, 1.82) is 0 Å². The van der Waals surface area contributed by atoms with Gasteiger partial charge in [0, 0.05) is 13.2 Å². The van der Waals surface area contributed by atoms with Gasteiger partial charge >= 0.3 is 0 Å². The molecule has 0 bridgehead atoms. The van der Waals surface area contributed by atoms with Gasteiger partial charge in [-0.3, -0.25) is 4.79 Å². The Morgan fingerprint density at radius 2 is 1.94 bits per heavy atom. The van der Waals surface area contributed by atoms with Crippen molar-refractivity contribution in [2.45, 2.75) is 38.8 Å². The maximum atomic E-state index is 12.0. The highest BCUT2D eigenvalue weighted by Crippen LogP contribution is 2.21. The Bertz CT molecular complexity index is 430. The number of halogens is 1. The summed E-state index contributed by atoms with van der Waals surface area (Å²) in [4.78, 5) is 12.0. The van der Waals surface area contributed by atoms with Crippen LogP contribution in [0, 0.1) is 0 Å². The van der Waals surface area contributed by atoms with Gasteiger partial charge in [-0.25, -0.2) is 0 Å². The van der Waals surface area contributed by atoms with E-state index in [0.717, 1.165) is 0 Å². The third kappa shape index (κ3) is 3.01. The van der Waals surface area contributed by atoms with Crippen LogP contribution >= 0.6 is 11.6 Å². The van der Waals surface area contributed by atoms with Gasteiger partial charge in [0.2, 0.25) is 0 Å². The van der Waals surface area contributed by atoms with E-state index in [4.69, 9.17) is 11.6 Å². The van der Waals surface area contributed by atoms with Crippen molar-refractivity contribution in [2.75, 3.05) is 0 Å². The molecule has 1 aromatic heterocycles. The first-order chi connectivity index (χ1) is 7.54. The lowest BCUT2D eigenvalue weighted by atomic mass is 9.86. The van der Waals surface area contributed by atoms with E-state index < -0.39 is 11.1 Å². The predicted molar refractivity (Wildman–Crippen MR) is 68.3 cm³/mol. The minimum Gasteiger partial charge on any atom is -0.388 e. The standard InChI is InChI=1S/C12H19ClN2O2/c1-11(2,12(3,4)17)14-10(16)9-6-8(13)7-15(9)5/h6-7,17H,1-5H3,(H,14,16). The first kappa shape index (κ1) is 14.1. The summed E-state index contributed by atoms with van der Waals surface area (Å²) in [6.07, 6.45) is 1.66. The third-order valence-corrected chi connectivity index (χ3v) is 3.37. The molecule has 17 heavy (non-hydrogen) atoms. The van der Waals surface area contributed by atoms with E-state index in [-0.39, 0.29) is 5.91 Å². The first-order valence-corrected chi connectivity index (χ1v) is 5.79. The predicted octanol–water partition coefficient (Wildman–Crippen LogP) is 1.96. The van der Waals surface area contributed by atoms with E-state index >= 15 is 0 Å². The zero-order chi connectivity index (χ0) is 13.4. The number of hydrogen-bond donors (Lipinski definition) is 2. The molecule has 0 atom stereocenters. The molecule has 1 heterocycles. The molecule has 1 amide bonds. The second kappa shape index (κ2) is 4.35. The number of aryl methyl sites for hydroxylation is 1. The summed E-state index contributed by atoms with van der Waals surface area (Å²) in [6.45, 7) is 6.86. The minimum absolute atomic E-state index is 0.258. The number of aromatic nitrogens is 1. The fraction of sp³-hybridized carbons (Fsp3) is 0.583. The Morgan fingerprint density at radius 3 is 2.29 bits per heavy atom. The van der Waals surface area contributed by atoms with Gasteiger partial charge in [-0.2, -0.15) is 0 Å². The number of nitrogens with one attached hydrogen (secondary N) is 1. The highest BCUT2D eigenvalue weighted by molar-refractivity contribution is 6.31. The minimum atomic E-state index is -1.02. The van der Waals surface area contributed by atoms with E-state index in [1.807, 2.05) is 0 Å². The summed E-state index contributed by atoms with van der Waals surface area (Å²) >= 11 is 5.82. The number of rotatable bonds is 3. The van der Waals surface area contributed by atoms with Crippen LogP contribution in [-0.2, 0) is 7.05 Å². The first-order valence-electron chi connectivity index (χ1n) is 5.41. The molecule has 96 valence electrons. The Morgan fingerprint density at radius 1 is 1.41 bits per heavy atom. The molecular formula is C12H19ClN2O2. The molecule has 0 aliphatic rings. The Hall–Kier alpha value is -1.00. The summed E-state index contributed by atoms with van der Waals surface area (Å²) in [5.41, 5.74) is -1.29. The summed E-state index contributed by atoms with van der Waals surface area (Å²) in [7, 11) is 1.75. The molecule has 5 heteroatoms. The smallest absolute Gasteiger partial charge is 0.268 e. The highest BCUT2D eigenvalue weighted by atomic mass is 35.5. The number of amides is 1. The Kier molecular flexibility index (Phi) is 3.60. The quantitative estimate of drug-likeness (QED) is 0.871. The molecule has 0 saturated carbocycles. The summed E-state index contributed by atoms with van der Waals surface area (Å²) in [5.74, 6) is -0.258. The molecule has 1 aromatic rings. The van der Waals surface area contributed by atoms with Crippen LogP contribution in [0.1, 0.15) is 38.2 Å². The molecule has 0 spiro atoms. The summed E-state index contributed by atoms with van der Waals surface area (Å²) < 4.78 is 1.65. The fourth-order valence-electron chi connectivity index (χ4n) is 1.25. The lowest BCUT2D eigenvalue weighted by Gasteiger charge is -2.37. The molecule has 0 radical (unpaired) electrons. The van der Waals surface area contributed by atoms with Gasteiger partial charge in [0.25, 0.3) is 5.91 Å². The van der Waals surface area contributed by atoms with Crippen LogP contribution in [0.25, 0.3) is 0 Å². The molecule has 1 rings (SSSR count). The second-order valence-corrected chi connectivity index (χ2v) is 5.73. The van der Waals surface area contributed by atoms with Crippen molar-refractivity contribution in [3.05, 3.63) is 23.0 Å². The van der Waals surface area contributed by atoms with Gasteiger partial charge in [0.1, 0.15) is 5.69 Å². The molecule has 0 aliphatic heterocycles. The Balaban J connectivity index is 2.91. The SMILES string of the molecule is Cn1cc(Cl)cc1C(=O)NC(C)(C)C(C)(C)O. The number of carbonyl (C=O) groups excluding carboxylic acids is 1. The van der Waals surface area contributed by atoms with Crippen LogP contribution in [0.4, 0.5) is 0 Å². The molecular weight excluding hydrogens is 240 g/mol. The molecule has 0 aliphatic carbocycles. The zero-order valence-electron chi connectivity index (χ0n) is 10.8. The van der Waals surface area contributed by atoms with Crippen molar-refractivity contribution in [2.24, 2.45) is 7.05 Å². The maximum absolute atomic E-state index is 12.0. The highest BCUT2D eigenvalue weighted by Gasteiger charge is 2.36. The molecule has 0 aromatic carbocycles. The second-order valence-electron chi connectivity index (χ2n) is 5.29. The van der Waals surface area contributed by atoms with Gasteiger partial charge < -0.3 is 15.0 Å². The van der Waals surface area contributed by atoms with Crippen molar-refractivity contribution in [1.82, 2.24) is 9.88 Å². The molecule has 2 N–H and O–H groups in total. The van der Waals surface area contributed by atoms with Crippen LogP contribution in [-0.4, -0.2) is 26.7 Å². The molecule has 4 nitrogen and oxygen atoms in total. The van der Waals surface area contributed by atoms with Crippen LogP contribution in [0.5, 0.6) is 0 Å². The van der Waals surface area contributed by atoms with Crippen LogP contribution < -0.4 is 5.32 Å². The number of carbonyl (C=O) groups is 1. The van der Waals surface area contributed by atoms with Crippen LogP contribution in [0.3, 0.4) is 0 Å².